The summed E-state index contributed by atoms with van der Waals surface area (Å²) in [5.74, 6) is -1.16. The Hall–Kier alpha value is -2.74. The van der Waals surface area contributed by atoms with Crippen molar-refractivity contribution < 1.29 is 19.3 Å². The maximum Gasteiger partial charge on any atom is 0.325 e. The van der Waals surface area contributed by atoms with Gasteiger partial charge < -0.3 is 0 Å². The molecule has 7 nitrogen and oxygen atoms in total. The van der Waals surface area contributed by atoms with Gasteiger partial charge in [0.15, 0.2) is 6.29 Å². The Labute approximate surface area is 115 Å². The molecule has 0 radical (unpaired) electrons. The van der Waals surface area contributed by atoms with Gasteiger partial charge in [0, 0.05) is 17.8 Å². The van der Waals surface area contributed by atoms with Gasteiger partial charge >= 0.3 is 5.00 Å². The molecule has 8 heteroatoms. The molecule has 0 amide bonds. The number of pyridine rings is 1. The molecule has 3 rings (SSSR count). The number of fused-ring (bicyclic) bond motifs is 2. The van der Waals surface area contributed by atoms with Crippen LogP contribution in [0.25, 0.3) is 0 Å². The van der Waals surface area contributed by atoms with Crippen LogP contribution in [0.15, 0.2) is 18.3 Å². The largest absolute Gasteiger partial charge is 0.325 e. The highest BCUT2D eigenvalue weighted by Crippen LogP contribution is 2.36. The molecule has 98 valence electrons. The average Bonchev–Trinajstić information content (AvgIpc) is 2.89. The monoisotopic (exact) mass is 288 g/mol. The summed E-state index contributed by atoms with van der Waals surface area (Å²) in [6.07, 6.45) is 1.71. The highest BCUT2D eigenvalue weighted by Gasteiger charge is 2.36. The topological polar surface area (TPSA) is 107 Å². The van der Waals surface area contributed by atoms with Gasteiger partial charge in [0.1, 0.15) is 5.69 Å². The SMILES string of the molecule is O=Cc1ccnc2c1C(=O)c1sc([N+](=O)[O-])cc1C2=O. The van der Waals surface area contributed by atoms with Crippen molar-refractivity contribution in [2.75, 3.05) is 0 Å². The molecule has 0 N–H and O–H groups in total. The van der Waals surface area contributed by atoms with E-state index in [4.69, 9.17) is 0 Å². The van der Waals surface area contributed by atoms with E-state index in [1.165, 1.54) is 12.3 Å². The normalized spacial score (nSPS) is 12.8. The Morgan fingerprint density at radius 1 is 1.30 bits per heavy atom. The van der Waals surface area contributed by atoms with Gasteiger partial charge in [-0.25, -0.2) is 0 Å². The molecule has 2 aromatic rings. The fraction of sp³-hybridized carbons (Fsp3) is 0. The molecule has 0 bridgehead atoms. The first-order chi connectivity index (χ1) is 9.54. The van der Waals surface area contributed by atoms with Gasteiger partial charge in [-0.3, -0.25) is 29.5 Å². The minimum absolute atomic E-state index is 0.0229. The van der Waals surface area contributed by atoms with Crippen molar-refractivity contribution >= 4 is 34.2 Å². The Balaban J connectivity index is 2.31. The van der Waals surface area contributed by atoms with E-state index < -0.39 is 16.5 Å². The van der Waals surface area contributed by atoms with Crippen LogP contribution in [-0.2, 0) is 0 Å². The Bertz CT molecular complexity index is 808. The summed E-state index contributed by atoms with van der Waals surface area (Å²) in [5, 5.41) is 10.5. The van der Waals surface area contributed by atoms with E-state index in [1.54, 1.807) is 0 Å². The number of ketones is 2. The smallest absolute Gasteiger partial charge is 0.298 e. The van der Waals surface area contributed by atoms with E-state index in [2.05, 4.69) is 4.98 Å². The number of carbonyl (C=O) groups is 3. The molecule has 0 atom stereocenters. The van der Waals surface area contributed by atoms with Crippen LogP contribution in [-0.4, -0.2) is 27.8 Å². The Morgan fingerprint density at radius 3 is 2.70 bits per heavy atom. The predicted octanol–water partition coefficient (Wildman–Crippen LogP) is 1.64. The maximum atomic E-state index is 12.3. The van der Waals surface area contributed by atoms with Gasteiger partial charge in [-0.1, -0.05) is 11.3 Å². The van der Waals surface area contributed by atoms with Crippen LogP contribution in [0, 0.1) is 10.1 Å². The number of hydrogen-bond acceptors (Lipinski definition) is 7. The highest BCUT2D eigenvalue weighted by molar-refractivity contribution is 7.18. The van der Waals surface area contributed by atoms with Gasteiger partial charge in [-0.15, -0.1) is 0 Å². The third-order valence-corrected chi connectivity index (χ3v) is 3.99. The number of aldehydes is 1. The van der Waals surface area contributed by atoms with E-state index in [0.29, 0.717) is 17.6 Å². The summed E-state index contributed by atoms with van der Waals surface area (Å²) >= 11 is 0.625. The molecule has 1 aliphatic carbocycles. The molecule has 2 aromatic heterocycles. The summed E-state index contributed by atoms with van der Waals surface area (Å²) in [6.45, 7) is 0. The Kier molecular flexibility index (Phi) is 2.54. The van der Waals surface area contributed by atoms with E-state index >= 15 is 0 Å². The second-order valence-electron chi connectivity index (χ2n) is 3.98. The number of nitro groups is 1. The van der Waals surface area contributed by atoms with Crippen LogP contribution < -0.4 is 0 Å². The zero-order valence-electron chi connectivity index (χ0n) is 9.65. The van der Waals surface area contributed by atoms with Crippen LogP contribution in [0.1, 0.15) is 41.6 Å². The second-order valence-corrected chi connectivity index (χ2v) is 5.02. The first-order valence-electron chi connectivity index (χ1n) is 5.36. The predicted molar refractivity (Wildman–Crippen MR) is 67.5 cm³/mol. The Morgan fingerprint density at radius 2 is 2.05 bits per heavy atom. The summed E-state index contributed by atoms with van der Waals surface area (Å²) < 4.78 is 0. The quantitative estimate of drug-likeness (QED) is 0.403. The zero-order valence-corrected chi connectivity index (χ0v) is 10.5. The third-order valence-electron chi connectivity index (χ3n) is 2.90. The van der Waals surface area contributed by atoms with Crippen LogP contribution >= 0.6 is 11.3 Å². The van der Waals surface area contributed by atoms with E-state index in [-0.39, 0.29) is 32.3 Å². The molecule has 0 unspecified atom stereocenters. The highest BCUT2D eigenvalue weighted by atomic mass is 32.1. The van der Waals surface area contributed by atoms with Crippen molar-refractivity contribution in [2.45, 2.75) is 0 Å². The summed E-state index contributed by atoms with van der Waals surface area (Å²) in [7, 11) is 0. The molecule has 0 spiro atoms. The molecule has 0 saturated carbocycles. The lowest BCUT2D eigenvalue weighted by atomic mass is 9.90. The van der Waals surface area contributed by atoms with Crippen LogP contribution in [0.5, 0.6) is 0 Å². The molecular formula is C12H4N2O5S. The van der Waals surface area contributed by atoms with Gasteiger partial charge in [0.2, 0.25) is 11.6 Å². The van der Waals surface area contributed by atoms with Crippen LogP contribution in [0.4, 0.5) is 5.00 Å². The van der Waals surface area contributed by atoms with E-state index in [0.717, 1.165) is 6.07 Å². The first kappa shape index (κ1) is 12.3. The number of thiophene rings is 1. The van der Waals surface area contributed by atoms with Gasteiger partial charge in [-0.05, 0) is 6.07 Å². The lowest BCUT2D eigenvalue weighted by molar-refractivity contribution is -0.380. The minimum atomic E-state index is -0.664. The molecule has 0 aliphatic heterocycles. The third kappa shape index (κ3) is 1.51. The fourth-order valence-electron chi connectivity index (χ4n) is 2.03. The van der Waals surface area contributed by atoms with E-state index in [1.807, 2.05) is 0 Å². The zero-order chi connectivity index (χ0) is 14.4. The van der Waals surface area contributed by atoms with Gasteiger partial charge in [-0.2, -0.15) is 0 Å². The molecule has 0 fully saturated rings. The van der Waals surface area contributed by atoms with Gasteiger partial charge in [0.25, 0.3) is 0 Å². The van der Waals surface area contributed by atoms with Crippen LogP contribution in [0.3, 0.4) is 0 Å². The lowest BCUT2D eigenvalue weighted by Crippen LogP contribution is -2.22. The maximum absolute atomic E-state index is 12.3. The van der Waals surface area contributed by atoms with Crippen molar-refractivity contribution in [3.8, 4) is 0 Å². The van der Waals surface area contributed by atoms with Crippen LogP contribution in [0.2, 0.25) is 0 Å². The van der Waals surface area contributed by atoms with Crippen molar-refractivity contribution in [1.82, 2.24) is 4.98 Å². The number of aromatic nitrogens is 1. The molecule has 20 heavy (non-hydrogen) atoms. The van der Waals surface area contributed by atoms with Crippen molar-refractivity contribution in [1.29, 1.82) is 0 Å². The number of nitrogens with zero attached hydrogens (tertiary/aromatic N) is 2. The summed E-state index contributed by atoms with van der Waals surface area (Å²) in [6, 6.07) is 2.39. The number of rotatable bonds is 2. The van der Waals surface area contributed by atoms with Crippen molar-refractivity contribution in [2.24, 2.45) is 0 Å². The minimum Gasteiger partial charge on any atom is -0.298 e. The molecular weight excluding hydrogens is 284 g/mol. The van der Waals surface area contributed by atoms with Crippen molar-refractivity contribution in [3.63, 3.8) is 0 Å². The number of carbonyl (C=O) groups excluding carboxylic acids is 3. The van der Waals surface area contributed by atoms with E-state index in [9.17, 15) is 24.5 Å². The standard InChI is InChI=1S/C12H4N2O5S/c15-4-5-1-2-13-9-8(5)11(17)12-6(10(9)16)3-7(20-12)14(18)19/h1-4H. The van der Waals surface area contributed by atoms with Crippen molar-refractivity contribution in [3.05, 3.63) is 55.7 Å². The summed E-state index contributed by atoms with van der Waals surface area (Å²) in [4.78, 5) is 49.4. The van der Waals surface area contributed by atoms with Gasteiger partial charge in [0.05, 0.1) is 20.9 Å². The number of hydrogen-bond donors (Lipinski definition) is 0. The average molecular weight is 288 g/mol. The molecule has 1 aliphatic rings. The fourth-order valence-corrected chi connectivity index (χ4v) is 2.95. The lowest BCUT2D eigenvalue weighted by Gasteiger charge is -2.13. The first-order valence-corrected chi connectivity index (χ1v) is 6.18. The molecule has 0 saturated heterocycles. The second kappa shape index (κ2) is 4.14. The molecule has 2 heterocycles. The summed E-state index contributed by atoms with van der Waals surface area (Å²) in [5.41, 5.74) is -0.207. The molecule has 0 aromatic carbocycles.